The molecule has 2 saturated heterocycles. The molecule has 10 N–H and O–H groups in total. The number of esters is 1. The highest BCUT2D eigenvalue weighted by Gasteiger charge is 2.52. The number of aliphatic hydroxyl groups excluding tert-OH is 2. The molecule has 0 bridgehead atoms. The van der Waals surface area contributed by atoms with Crippen LogP contribution in [0.15, 0.2) is 54.0 Å². The molecule has 3 aromatic heterocycles. The molecule has 1 aromatic carbocycles. The van der Waals surface area contributed by atoms with Crippen molar-refractivity contribution in [2.24, 2.45) is 0 Å². The Balaban J connectivity index is 1.23. The third-order valence-electron chi connectivity index (χ3n) is 9.33. The lowest BCUT2D eigenvalue weighted by Gasteiger charge is -2.26. The molecule has 5 heterocycles. The topological polar surface area (TPSA) is 377 Å². The smallest absolute Gasteiger partial charge is 0.455 e. The second kappa shape index (κ2) is 20.7. The number of fused-ring (bicyclic) bond motifs is 1. The molecular weight excluding hydrogens is 945 g/mol. The molecule has 1 amide bonds. The standard InChI is InChI=1S/C35H47N9O17P2S2/c1-17-5-7-18(8-6-17)11-55-34(49)41-19(14-64-65-35(2,3)4)32(47)60-26-20(58-31(24(26)45)44-16-40-23-28(37)38-15-39-29(23)44)13-57-63(53,54)61-27-21(12-56-62(50,51)52)59-30(25(27)46)43-10-9-22(36)42-33(43)48/h5-10,15-16,19-21,24-27,30-31,45-46H,11-14H2,1-4H3,(H,41,49)(H,53,54)(H2,36,42,48)(H2,37,38,39)(H2,50,51,52)/t19-,20+,21+,24+,25+,26+,27+,30+,31+/m0/s1. The Labute approximate surface area is 376 Å². The van der Waals surface area contributed by atoms with Crippen molar-refractivity contribution in [3.05, 3.63) is 70.8 Å². The summed E-state index contributed by atoms with van der Waals surface area (Å²) in [7, 11) is -7.96. The van der Waals surface area contributed by atoms with E-state index in [0.717, 1.165) is 22.7 Å². The van der Waals surface area contributed by atoms with Gasteiger partial charge in [-0.15, -0.1) is 0 Å². The molecule has 2 fully saturated rings. The van der Waals surface area contributed by atoms with Gasteiger partial charge >= 0.3 is 33.4 Å². The number of phosphoric acid groups is 2. The van der Waals surface area contributed by atoms with Crippen LogP contribution < -0.4 is 22.5 Å². The molecule has 0 spiro atoms. The lowest BCUT2D eigenvalue weighted by atomic mass is 10.1. The maximum Gasteiger partial charge on any atom is 0.472 e. The number of phosphoric ester groups is 2. The number of aliphatic hydroxyl groups is 2. The van der Waals surface area contributed by atoms with E-state index in [9.17, 15) is 48.4 Å². The molecular formula is C35H47N9O17P2S2. The van der Waals surface area contributed by atoms with Gasteiger partial charge in [0.25, 0.3) is 0 Å². The lowest BCUT2D eigenvalue weighted by molar-refractivity contribution is -0.158. The van der Waals surface area contributed by atoms with E-state index in [4.69, 9.17) is 39.5 Å². The number of carbonyl (C=O) groups is 2. The summed E-state index contributed by atoms with van der Waals surface area (Å²) in [5.74, 6) is -1.32. The highest BCUT2D eigenvalue weighted by atomic mass is 33.1. The second-order valence-electron chi connectivity index (χ2n) is 15.5. The van der Waals surface area contributed by atoms with E-state index in [2.05, 4.69) is 29.8 Å². The van der Waals surface area contributed by atoms with Gasteiger partial charge in [-0.2, -0.15) is 4.98 Å². The Kier molecular flexibility index (Phi) is 16.0. The van der Waals surface area contributed by atoms with Crippen LogP contribution in [0.3, 0.4) is 0 Å². The molecule has 26 nitrogen and oxygen atoms in total. The number of nitrogen functional groups attached to an aromatic ring is 2. The minimum atomic E-state index is -5.43. The minimum Gasteiger partial charge on any atom is -0.455 e. The van der Waals surface area contributed by atoms with Crippen molar-refractivity contribution in [3.8, 4) is 0 Å². The van der Waals surface area contributed by atoms with Gasteiger partial charge in [-0.1, -0.05) is 72.2 Å². The lowest BCUT2D eigenvalue weighted by Crippen LogP contribution is -2.48. The highest BCUT2D eigenvalue weighted by molar-refractivity contribution is 8.77. The molecule has 65 heavy (non-hydrogen) atoms. The van der Waals surface area contributed by atoms with Gasteiger partial charge in [0.1, 0.15) is 60.8 Å². The highest BCUT2D eigenvalue weighted by Crippen LogP contribution is 2.50. The number of rotatable bonds is 18. The first-order chi connectivity index (χ1) is 30.5. The summed E-state index contributed by atoms with van der Waals surface area (Å²) in [4.78, 5) is 85.1. The molecule has 6 rings (SSSR count). The summed E-state index contributed by atoms with van der Waals surface area (Å²) < 4.78 is 64.8. The quantitative estimate of drug-likeness (QED) is 0.0392. The fourth-order valence-electron chi connectivity index (χ4n) is 6.32. The van der Waals surface area contributed by atoms with Crippen LogP contribution in [0.4, 0.5) is 16.4 Å². The van der Waals surface area contributed by atoms with Gasteiger partial charge in [-0.05, 0) is 18.6 Å². The number of carbonyl (C=O) groups excluding carboxylic acids is 2. The van der Waals surface area contributed by atoms with Crippen LogP contribution in [0.5, 0.6) is 0 Å². The van der Waals surface area contributed by atoms with E-state index in [-0.39, 0.29) is 39.9 Å². The van der Waals surface area contributed by atoms with Gasteiger partial charge in [0.15, 0.2) is 30.0 Å². The van der Waals surface area contributed by atoms with E-state index < -0.39 is 102 Å². The summed E-state index contributed by atoms with van der Waals surface area (Å²) >= 11 is 0. The summed E-state index contributed by atoms with van der Waals surface area (Å²) in [6.45, 7) is 5.59. The average Bonchev–Trinajstić information content (AvgIpc) is 3.88. The Morgan fingerprint density at radius 1 is 0.938 bits per heavy atom. The first-order valence-corrected chi connectivity index (χ1v) is 24.6. The van der Waals surface area contributed by atoms with Gasteiger partial charge in [0, 0.05) is 16.7 Å². The monoisotopic (exact) mass is 991 g/mol. The van der Waals surface area contributed by atoms with E-state index in [1.165, 1.54) is 38.5 Å². The third-order valence-corrected chi connectivity index (χ3v) is 14.2. The van der Waals surface area contributed by atoms with Gasteiger partial charge < -0.3 is 60.6 Å². The molecule has 2 aliphatic heterocycles. The van der Waals surface area contributed by atoms with Gasteiger partial charge in [0.05, 0.1) is 19.5 Å². The van der Waals surface area contributed by atoms with Crippen LogP contribution in [0, 0.1) is 6.92 Å². The Morgan fingerprint density at radius 3 is 2.25 bits per heavy atom. The molecule has 1 unspecified atom stereocenters. The average molecular weight is 992 g/mol. The summed E-state index contributed by atoms with van der Waals surface area (Å²) in [6, 6.07) is 7.01. The maximum absolute atomic E-state index is 14.0. The second-order valence-corrected chi connectivity index (χ2v) is 21.3. The number of nitrogens with zero attached hydrogens (tertiary/aromatic N) is 6. The Morgan fingerprint density at radius 2 is 1.58 bits per heavy atom. The predicted octanol–water partition coefficient (Wildman–Crippen LogP) is 1.07. The van der Waals surface area contributed by atoms with E-state index in [1.807, 2.05) is 39.8 Å². The van der Waals surface area contributed by atoms with Crippen LogP contribution >= 0.6 is 37.2 Å². The number of ether oxygens (including phenoxy) is 4. The van der Waals surface area contributed by atoms with Crippen molar-refractivity contribution in [2.45, 2.75) is 94.2 Å². The van der Waals surface area contributed by atoms with Crippen LogP contribution in [0.1, 0.15) is 44.4 Å². The number of alkyl carbamates (subject to hydrolysis) is 1. The molecule has 2 aliphatic rings. The maximum atomic E-state index is 14.0. The Hall–Kier alpha value is -4.25. The van der Waals surface area contributed by atoms with Crippen molar-refractivity contribution in [2.75, 3.05) is 30.4 Å². The molecule has 0 radical (unpaired) electrons. The molecule has 356 valence electrons. The fourth-order valence-corrected chi connectivity index (χ4v) is 10.1. The number of hydrogen-bond donors (Lipinski definition) is 8. The number of amides is 1. The van der Waals surface area contributed by atoms with Gasteiger partial charge in [-0.25, -0.2) is 38.5 Å². The van der Waals surface area contributed by atoms with Crippen LogP contribution in [-0.4, -0.2) is 132 Å². The number of nitrogens with two attached hydrogens (primary N) is 2. The number of aryl methyl sites for hydroxylation is 1. The van der Waals surface area contributed by atoms with Crippen molar-refractivity contribution >= 4 is 72.1 Å². The van der Waals surface area contributed by atoms with Crippen molar-refractivity contribution in [1.82, 2.24) is 34.4 Å². The summed E-state index contributed by atoms with van der Waals surface area (Å²) in [5, 5.41) is 25.4. The minimum absolute atomic E-state index is 0.0152. The van der Waals surface area contributed by atoms with Crippen molar-refractivity contribution < 1.29 is 76.1 Å². The molecule has 10 atom stereocenters. The zero-order chi connectivity index (χ0) is 47.4. The zero-order valence-electron chi connectivity index (χ0n) is 34.8. The zero-order valence-corrected chi connectivity index (χ0v) is 38.2. The number of anilines is 2. The largest absolute Gasteiger partial charge is 0.472 e. The van der Waals surface area contributed by atoms with Crippen molar-refractivity contribution in [1.29, 1.82) is 0 Å². The van der Waals surface area contributed by atoms with Gasteiger partial charge in [0.2, 0.25) is 0 Å². The number of imidazole rings is 1. The van der Waals surface area contributed by atoms with Gasteiger partial charge in [-0.3, -0.25) is 22.7 Å². The molecule has 30 heteroatoms. The number of nitrogens with one attached hydrogen (secondary N) is 1. The number of benzene rings is 1. The summed E-state index contributed by atoms with van der Waals surface area (Å²) in [5.41, 5.74) is 12.4. The van der Waals surface area contributed by atoms with E-state index >= 15 is 0 Å². The van der Waals surface area contributed by atoms with Crippen LogP contribution in [0.2, 0.25) is 0 Å². The number of aromatic nitrogens is 6. The van der Waals surface area contributed by atoms with Crippen LogP contribution in [0.25, 0.3) is 11.2 Å². The summed E-state index contributed by atoms with van der Waals surface area (Å²) in [6.07, 6.45) is -11.5. The van der Waals surface area contributed by atoms with Crippen molar-refractivity contribution in [3.63, 3.8) is 0 Å². The fraction of sp³-hybridized carbons (Fsp3) is 0.514. The predicted molar refractivity (Wildman–Crippen MR) is 229 cm³/mol. The van der Waals surface area contributed by atoms with E-state index in [0.29, 0.717) is 5.56 Å². The molecule has 0 aliphatic carbocycles. The van der Waals surface area contributed by atoms with E-state index in [1.54, 1.807) is 12.1 Å². The van der Waals surface area contributed by atoms with Crippen LogP contribution in [-0.2, 0) is 53.1 Å². The Bertz CT molecular complexity index is 2480. The molecule has 4 aromatic rings. The normalized spacial score (nSPS) is 25.0. The first kappa shape index (κ1) is 50.2. The SMILES string of the molecule is Cc1ccc(COC(=O)N[C@@H](CSSC(C)(C)C)C(=O)O[C@H]2[C@@H](O)[C@H](n3cnc4c(N)ncnc43)O[C@@H]2COP(=O)(O)O[C@H]2[C@@H](O)[C@H](n3ccc(N)nc3=O)O[C@@H]2COP(=O)(O)O)cc1. The third kappa shape index (κ3) is 13.2. The first-order valence-electron chi connectivity index (χ1n) is 19.3. The molecule has 0 saturated carbocycles. The number of hydrogen-bond acceptors (Lipinski definition) is 22.